The summed E-state index contributed by atoms with van der Waals surface area (Å²) in [5.41, 5.74) is 0.831. The average molecular weight is 139 g/mol. The van der Waals surface area contributed by atoms with Gasteiger partial charge >= 0.3 is 0 Å². The van der Waals surface area contributed by atoms with E-state index in [0.717, 1.165) is 5.56 Å². The fourth-order valence-corrected chi connectivity index (χ4v) is 0.730. The Morgan fingerprint density at radius 3 is 2.80 bits per heavy atom. The van der Waals surface area contributed by atoms with Crippen LogP contribution in [0.25, 0.3) is 0 Å². The van der Waals surface area contributed by atoms with E-state index in [4.69, 9.17) is 10.2 Å². The van der Waals surface area contributed by atoms with Crippen molar-refractivity contribution in [2.45, 2.75) is 12.7 Å². The maximum atomic E-state index is 8.53. The molecule has 1 aromatic rings. The van der Waals surface area contributed by atoms with Crippen LogP contribution in [0.5, 0.6) is 0 Å². The van der Waals surface area contributed by atoms with Gasteiger partial charge in [-0.25, -0.2) is 0 Å². The molecule has 0 saturated carbocycles. The maximum absolute atomic E-state index is 8.53. The third-order valence-electron chi connectivity index (χ3n) is 1.14. The van der Waals surface area contributed by atoms with Crippen LogP contribution >= 0.6 is 0 Å². The van der Waals surface area contributed by atoms with Crippen LogP contribution in [0.15, 0.2) is 24.5 Å². The Labute approximate surface area is 59.0 Å². The second kappa shape index (κ2) is 3.29. The predicted molar refractivity (Wildman–Crippen MR) is 36.2 cm³/mol. The first-order chi connectivity index (χ1) is 4.79. The van der Waals surface area contributed by atoms with Gasteiger partial charge in [-0.2, -0.15) is 0 Å². The van der Waals surface area contributed by atoms with Crippen LogP contribution in [0.4, 0.5) is 0 Å². The minimum atomic E-state index is -1.27. The largest absolute Gasteiger partial charge is 0.368 e. The van der Waals surface area contributed by atoms with Crippen molar-refractivity contribution in [1.29, 1.82) is 0 Å². The lowest BCUT2D eigenvalue weighted by atomic mass is 10.2. The Kier molecular flexibility index (Phi) is 2.36. The van der Waals surface area contributed by atoms with Gasteiger partial charge in [-0.3, -0.25) is 4.98 Å². The van der Waals surface area contributed by atoms with Gasteiger partial charge in [0.15, 0.2) is 6.29 Å². The normalized spacial score (nSPS) is 10.3. The summed E-state index contributed by atoms with van der Waals surface area (Å²) in [7, 11) is 0. The Bertz CT molecular complexity index is 186. The molecule has 2 N–H and O–H groups in total. The van der Waals surface area contributed by atoms with E-state index in [-0.39, 0.29) is 6.42 Å². The van der Waals surface area contributed by atoms with E-state index < -0.39 is 6.29 Å². The molecule has 0 bridgehead atoms. The van der Waals surface area contributed by atoms with Gasteiger partial charge in [0.2, 0.25) is 0 Å². The van der Waals surface area contributed by atoms with Crippen molar-refractivity contribution < 1.29 is 10.2 Å². The topological polar surface area (TPSA) is 53.4 Å². The van der Waals surface area contributed by atoms with Crippen molar-refractivity contribution in [3.63, 3.8) is 0 Å². The second-order valence-corrected chi connectivity index (χ2v) is 2.05. The highest BCUT2D eigenvalue weighted by molar-refractivity contribution is 5.08. The van der Waals surface area contributed by atoms with E-state index in [0.29, 0.717) is 0 Å². The Morgan fingerprint density at radius 2 is 2.30 bits per heavy atom. The fourth-order valence-electron chi connectivity index (χ4n) is 0.730. The number of aliphatic hydroxyl groups is 2. The van der Waals surface area contributed by atoms with Crippen molar-refractivity contribution in [3.05, 3.63) is 30.1 Å². The number of rotatable bonds is 2. The van der Waals surface area contributed by atoms with Gasteiger partial charge in [-0.15, -0.1) is 0 Å². The summed E-state index contributed by atoms with van der Waals surface area (Å²) in [6.07, 6.45) is 2.23. The van der Waals surface area contributed by atoms with Crippen LogP contribution < -0.4 is 0 Å². The number of pyridine rings is 1. The van der Waals surface area contributed by atoms with Crippen LogP contribution in [-0.4, -0.2) is 21.5 Å². The molecule has 0 amide bonds. The highest BCUT2D eigenvalue weighted by Gasteiger charge is 1.97. The van der Waals surface area contributed by atoms with Crippen molar-refractivity contribution >= 4 is 0 Å². The highest BCUT2D eigenvalue weighted by atomic mass is 16.5. The van der Waals surface area contributed by atoms with E-state index >= 15 is 0 Å². The molecular formula is C7H9NO2. The van der Waals surface area contributed by atoms with Crippen molar-refractivity contribution in [1.82, 2.24) is 4.98 Å². The molecular weight excluding hydrogens is 130 g/mol. The molecule has 1 aromatic heterocycles. The molecule has 1 heterocycles. The summed E-state index contributed by atoms with van der Waals surface area (Å²) in [5.74, 6) is 0. The molecule has 54 valence electrons. The molecule has 0 aromatic carbocycles. The summed E-state index contributed by atoms with van der Waals surface area (Å²) in [6, 6.07) is 3.56. The van der Waals surface area contributed by atoms with Crippen LogP contribution in [-0.2, 0) is 6.42 Å². The Hall–Kier alpha value is -0.930. The standard InChI is InChI=1S/C7H9NO2/c9-7(10)4-6-2-1-3-8-5-6/h1-3,5,7,9-10H,4H2. The molecule has 0 radical (unpaired) electrons. The molecule has 0 unspecified atom stereocenters. The molecule has 0 atom stereocenters. The zero-order valence-corrected chi connectivity index (χ0v) is 5.44. The summed E-state index contributed by atoms with van der Waals surface area (Å²) in [6.45, 7) is 0. The van der Waals surface area contributed by atoms with Crippen molar-refractivity contribution in [2.75, 3.05) is 0 Å². The summed E-state index contributed by atoms with van der Waals surface area (Å²) in [4.78, 5) is 3.82. The van der Waals surface area contributed by atoms with Gasteiger partial charge in [-0.1, -0.05) is 6.07 Å². The molecule has 0 aliphatic rings. The molecule has 0 fully saturated rings. The molecule has 3 nitrogen and oxygen atoms in total. The fraction of sp³-hybridized carbons (Fsp3) is 0.286. The average Bonchev–Trinajstić information content (AvgIpc) is 1.88. The minimum absolute atomic E-state index is 0.244. The van der Waals surface area contributed by atoms with Crippen molar-refractivity contribution in [2.24, 2.45) is 0 Å². The predicted octanol–water partition coefficient (Wildman–Crippen LogP) is -0.0652. The zero-order valence-electron chi connectivity index (χ0n) is 5.44. The molecule has 3 heteroatoms. The Morgan fingerprint density at radius 1 is 1.50 bits per heavy atom. The molecule has 10 heavy (non-hydrogen) atoms. The first-order valence-electron chi connectivity index (χ1n) is 3.04. The molecule has 0 aliphatic carbocycles. The Balaban J connectivity index is 2.59. The van der Waals surface area contributed by atoms with Gasteiger partial charge in [0.25, 0.3) is 0 Å². The lowest BCUT2D eigenvalue weighted by molar-refractivity contribution is -0.0382. The van der Waals surface area contributed by atoms with Crippen molar-refractivity contribution in [3.8, 4) is 0 Å². The summed E-state index contributed by atoms with van der Waals surface area (Å²) in [5, 5.41) is 17.1. The van der Waals surface area contributed by atoms with E-state index in [9.17, 15) is 0 Å². The number of aliphatic hydroxyl groups excluding tert-OH is 1. The minimum Gasteiger partial charge on any atom is -0.368 e. The number of nitrogens with zero attached hydrogens (tertiary/aromatic N) is 1. The van der Waals surface area contributed by atoms with Crippen LogP contribution in [0.2, 0.25) is 0 Å². The third kappa shape index (κ3) is 2.13. The van der Waals surface area contributed by atoms with Crippen LogP contribution in [0, 0.1) is 0 Å². The summed E-state index contributed by atoms with van der Waals surface area (Å²) >= 11 is 0. The molecule has 0 spiro atoms. The number of aromatic nitrogens is 1. The monoisotopic (exact) mass is 139 g/mol. The SMILES string of the molecule is OC(O)Cc1cccnc1. The van der Waals surface area contributed by atoms with E-state index in [2.05, 4.69) is 4.98 Å². The number of hydrogen-bond acceptors (Lipinski definition) is 3. The van der Waals surface area contributed by atoms with Gasteiger partial charge in [0, 0.05) is 18.8 Å². The zero-order chi connectivity index (χ0) is 7.40. The lowest BCUT2D eigenvalue weighted by Crippen LogP contribution is -2.07. The highest BCUT2D eigenvalue weighted by Crippen LogP contribution is 1.98. The van der Waals surface area contributed by atoms with Gasteiger partial charge in [0.1, 0.15) is 0 Å². The van der Waals surface area contributed by atoms with E-state index in [1.54, 1.807) is 24.5 Å². The van der Waals surface area contributed by atoms with Gasteiger partial charge in [0.05, 0.1) is 0 Å². The molecule has 0 aliphatic heterocycles. The van der Waals surface area contributed by atoms with E-state index in [1.165, 1.54) is 0 Å². The molecule has 0 saturated heterocycles. The first kappa shape index (κ1) is 7.18. The first-order valence-corrected chi connectivity index (χ1v) is 3.04. The smallest absolute Gasteiger partial charge is 0.155 e. The lowest BCUT2D eigenvalue weighted by Gasteiger charge is -2.00. The third-order valence-corrected chi connectivity index (χ3v) is 1.14. The second-order valence-electron chi connectivity index (χ2n) is 2.05. The van der Waals surface area contributed by atoms with E-state index in [1.807, 2.05) is 0 Å². The summed E-state index contributed by atoms with van der Waals surface area (Å²) < 4.78 is 0. The maximum Gasteiger partial charge on any atom is 0.155 e. The van der Waals surface area contributed by atoms with Crippen LogP contribution in [0.3, 0.4) is 0 Å². The van der Waals surface area contributed by atoms with Gasteiger partial charge < -0.3 is 10.2 Å². The number of hydrogen-bond donors (Lipinski definition) is 2. The molecule has 1 rings (SSSR count). The van der Waals surface area contributed by atoms with Gasteiger partial charge in [-0.05, 0) is 11.6 Å². The van der Waals surface area contributed by atoms with Crippen LogP contribution in [0.1, 0.15) is 5.56 Å². The quantitative estimate of drug-likeness (QED) is 0.564.